The number of alkyl halides is 2. The lowest BCUT2D eigenvalue weighted by Gasteiger charge is -2.34. The van der Waals surface area contributed by atoms with Crippen LogP contribution < -0.4 is 10.5 Å². The minimum atomic E-state index is -3.01. The molecule has 1 amide bonds. The summed E-state index contributed by atoms with van der Waals surface area (Å²) in [5, 5.41) is 4.60. The lowest BCUT2D eigenvalue weighted by molar-refractivity contribution is -0.0727. The second-order valence-corrected chi connectivity index (χ2v) is 8.62. The van der Waals surface area contributed by atoms with Crippen LogP contribution in [0, 0.1) is 0 Å². The van der Waals surface area contributed by atoms with Gasteiger partial charge in [-0.1, -0.05) is 0 Å². The maximum Gasteiger partial charge on any atom is 0.410 e. The fourth-order valence-electron chi connectivity index (χ4n) is 3.87. The first-order chi connectivity index (χ1) is 14.6. The van der Waals surface area contributed by atoms with Gasteiger partial charge in [0.25, 0.3) is 0 Å². The third kappa shape index (κ3) is 4.27. The van der Waals surface area contributed by atoms with Crippen molar-refractivity contribution < 1.29 is 27.8 Å². The van der Waals surface area contributed by atoms with E-state index in [1.54, 1.807) is 4.90 Å². The van der Waals surface area contributed by atoms with E-state index in [0.29, 0.717) is 43.9 Å². The predicted molar refractivity (Wildman–Crippen MR) is 107 cm³/mol. The van der Waals surface area contributed by atoms with Crippen molar-refractivity contribution in [3.05, 3.63) is 24.0 Å². The van der Waals surface area contributed by atoms with Gasteiger partial charge in [0, 0.05) is 24.7 Å². The van der Waals surface area contributed by atoms with Gasteiger partial charge in [-0.2, -0.15) is 13.9 Å². The van der Waals surface area contributed by atoms with Crippen LogP contribution in [0.3, 0.4) is 0 Å². The second kappa shape index (κ2) is 7.63. The Balaban J connectivity index is 1.61. The van der Waals surface area contributed by atoms with E-state index in [1.165, 1.54) is 12.3 Å². The minimum absolute atomic E-state index is 0.128. The molecule has 2 aliphatic rings. The fraction of sp³-hybridized carbons (Fsp3) is 0.550. The van der Waals surface area contributed by atoms with E-state index in [9.17, 15) is 13.6 Å². The molecule has 0 saturated carbocycles. The van der Waals surface area contributed by atoms with E-state index in [-0.39, 0.29) is 17.7 Å². The van der Waals surface area contributed by atoms with Gasteiger partial charge in [-0.05, 0) is 32.9 Å². The van der Waals surface area contributed by atoms with Crippen molar-refractivity contribution in [3.8, 4) is 17.0 Å². The minimum Gasteiger partial charge on any atom is -0.444 e. The van der Waals surface area contributed by atoms with E-state index >= 15 is 0 Å². The van der Waals surface area contributed by atoms with Crippen molar-refractivity contribution in [2.75, 3.05) is 25.4 Å². The van der Waals surface area contributed by atoms with Gasteiger partial charge < -0.3 is 24.8 Å². The van der Waals surface area contributed by atoms with Gasteiger partial charge in [-0.3, -0.25) is 4.68 Å². The summed E-state index contributed by atoms with van der Waals surface area (Å²) < 4.78 is 43.2. The van der Waals surface area contributed by atoms with Gasteiger partial charge in [0.15, 0.2) is 11.6 Å². The summed E-state index contributed by atoms with van der Waals surface area (Å²) in [6, 6.07) is 3.22. The van der Waals surface area contributed by atoms with Crippen molar-refractivity contribution in [1.82, 2.24) is 19.7 Å². The summed E-state index contributed by atoms with van der Waals surface area (Å²) in [6.45, 7) is 4.26. The number of ether oxygens (including phenoxy) is 3. The van der Waals surface area contributed by atoms with E-state index in [4.69, 9.17) is 15.2 Å². The topological polar surface area (TPSA) is 105 Å². The summed E-state index contributed by atoms with van der Waals surface area (Å²) in [5.41, 5.74) is 6.17. The number of amides is 1. The largest absolute Gasteiger partial charge is 0.444 e. The quantitative estimate of drug-likeness (QED) is 0.787. The maximum absolute atomic E-state index is 12.6. The molecule has 2 aliphatic heterocycles. The van der Waals surface area contributed by atoms with Gasteiger partial charge in [-0.25, -0.2) is 9.78 Å². The molecule has 9 nitrogen and oxygen atoms in total. The van der Waals surface area contributed by atoms with Gasteiger partial charge >= 0.3 is 12.7 Å². The zero-order valence-corrected chi connectivity index (χ0v) is 17.6. The lowest BCUT2D eigenvalue weighted by Crippen LogP contribution is -2.43. The maximum atomic E-state index is 12.6. The molecule has 1 spiro atoms. The molecule has 0 bridgehead atoms. The van der Waals surface area contributed by atoms with Crippen molar-refractivity contribution in [1.29, 1.82) is 0 Å². The van der Waals surface area contributed by atoms with E-state index in [1.807, 2.05) is 31.5 Å². The van der Waals surface area contributed by atoms with E-state index in [2.05, 4.69) is 14.8 Å². The Kier molecular flexibility index (Phi) is 5.24. The molecule has 2 aromatic heterocycles. The summed E-state index contributed by atoms with van der Waals surface area (Å²) in [6.07, 6.45) is 1.66. The predicted octanol–water partition coefficient (Wildman–Crippen LogP) is 3.00. The third-order valence-electron chi connectivity index (χ3n) is 5.21. The summed E-state index contributed by atoms with van der Waals surface area (Å²) >= 11 is 0. The van der Waals surface area contributed by atoms with Crippen LogP contribution in [-0.4, -0.2) is 57.7 Å². The summed E-state index contributed by atoms with van der Waals surface area (Å²) in [5.74, 6) is -0.335. The fourth-order valence-corrected chi connectivity index (χ4v) is 3.87. The molecule has 31 heavy (non-hydrogen) atoms. The average molecular weight is 437 g/mol. The molecular weight excluding hydrogens is 412 g/mol. The Bertz CT molecular complexity index is 990. The normalized spacial score (nSPS) is 20.9. The first-order valence-corrected chi connectivity index (χ1v) is 9.97. The zero-order valence-electron chi connectivity index (χ0n) is 17.6. The number of halogens is 2. The molecule has 2 N–H and O–H groups in total. The molecule has 4 heterocycles. The standard InChI is InChI=1S/C20H25F2N5O4/c1-19(2,3)31-18(28)26-5-4-20(11-26)15-9-13(25-27(15)6-7-29-20)12-8-14(30-17(21)22)16(23)24-10-12/h8-10,17H,4-7,11H2,1-3H3,(H2,23,24). The van der Waals surface area contributed by atoms with Gasteiger partial charge in [0.1, 0.15) is 11.2 Å². The van der Waals surface area contributed by atoms with Crippen LogP contribution in [0.2, 0.25) is 0 Å². The molecule has 168 valence electrons. The number of likely N-dealkylation sites (tertiary alicyclic amines) is 1. The molecule has 1 saturated heterocycles. The molecule has 4 rings (SSSR count). The SMILES string of the molecule is CC(C)(C)OC(=O)N1CCC2(C1)OCCn1nc(-c3cnc(N)c(OC(F)F)c3)cc12. The van der Waals surface area contributed by atoms with E-state index < -0.39 is 17.8 Å². The first-order valence-electron chi connectivity index (χ1n) is 9.97. The van der Waals surface area contributed by atoms with Crippen molar-refractivity contribution in [3.63, 3.8) is 0 Å². The van der Waals surface area contributed by atoms with Crippen LogP contribution >= 0.6 is 0 Å². The number of hydrogen-bond donors (Lipinski definition) is 1. The number of carbonyl (C=O) groups is 1. The molecule has 1 atom stereocenters. The number of aromatic nitrogens is 3. The highest BCUT2D eigenvalue weighted by Gasteiger charge is 2.47. The molecule has 0 radical (unpaired) electrons. The molecule has 0 aromatic carbocycles. The number of anilines is 1. The van der Waals surface area contributed by atoms with Crippen LogP contribution in [0.15, 0.2) is 18.3 Å². The van der Waals surface area contributed by atoms with E-state index in [0.717, 1.165) is 5.69 Å². The highest BCUT2D eigenvalue weighted by Crippen LogP contribution is 2.40. The highest BCUT2D eigenvalue weighted by molar-refractivity contribution is 5.69. The monoisotopic (exact) mass is 437 g/mol. The number of carbonyl (C=O) groups excluding carboxylic acids is 1. The molecule has 1 fully saturated rings. The zero-order chi connectivity index (χ0) is 22.4. The molecule has 1 unspecified atom stereocenters. The number of nitrogen functional groups attached to an aromatic ring is 1. The highest BCUT2D eigenvalue weighted by atomic mass is 19.3. The van der Waals surface area contributed by atoms with Crippen molar-refractivity contribution >= 4 is 11.9 Å². The smallest absolute Gasteiger partial charge is 0.410 e. The average Bonchev–Trinajstić information content (AvgIpc) is 3.28. The van der Waals surface area contributed by atoms with Crippen LogP contribution in [-0.2, 0) is 21.6 Å². The Morgan fingerprint density at radius 3 is 2.81 bits per heavy atom. The van der Waals surface area contributed by atoms with Gasteiger partial charge in [0.2, 0.25) is 0 Å². The molecule has 11 heteroatoms. The Hall–Kier alpha value is -2.95. The van der Waals surface area contributed by atoms with Gasteiger partial charge in [-0.15, -0.1) is 0 Å². The van der Waals surface area contributed by atoms with Crippen LogP contribution in [0.5, 0.6) is 5.75 Å². The molecule has 2 aromatic rings. The Morgan fingerprint density at radius 2 is 2.10 bits per heavy atom. The first kappa shape index (κ1) is 21.3. The van der Waals surface area contributed by atoms with Gasteiger partial charge in [0.05, 0.1) is 31.1 Å². The number of fused-ring (bicyclic) bond motifs is 2. The Morgan fingerprint density at radius 1 is 1.32 bits per heavy atom. The van der Waals surface area contributed by atoms with Crippen molar-refractivity contribution in [2.24, 2.45) is 0 Å². The number of rotatable bonds is 3. The number of pyridine rings is 1. The third-order valence-corrected chi connectivity index (χ3v) is 5.21. The Labute approximate surface area is 178 Å². The summed E-state index contributed by atoms with van der Waals surface area (Å²) in [4.78, 5) is 18.1. The molecule has 0 aliphatic carbocycles. The number of nitrogens with two attached hydrogens (primary N) is 1. The lowest BCUT2D eigenvalue weighted by atomic mass is 9.96. The summed E-state index contributed by atoms with van der Waals surface area (Å²) in [7, 11) is 0. The number of nitrogens with zero attached hydrogens (tertiary/aromatic N) is 4. The number of hydrogen-bond acceptors (Lipinski definition) is 7. The van der Waals surface area contributed by atoms with Crippen LogP contribution in [0.4, 0.5) is 19.4 Å². The van der Waals surface area contributed by atoms with Crippen LogP contribution in [0.1, 0.15) is 32.9 Å². The second-order valence-electron chi connectivity index (χ2n) is 8.62. The van der Waals surface area contributed by atoms with Crippen molar-refractivity contribution in [2.45, 2.75) is 51.6 Å². The molecular formula is C20H25F2N5O4. The van der Waals surface area contributed by atoms with Crippen LogP contribution in [0.25, 0.3) is 11.3 Å².